The topological polar surface area (TPSA) is 45.0 Å². The number of carbonyl (C=O) groups is 1. The molecule has 2 aliphatic heterocycles. The molecule has 0 aromatic heterocycles. The fraction of sp³-hybridized carbons (Fsp3) is 0.0500. The van der Waals surface area contributed by atoms with E-state index in [1.165, 1.54) is 0 Å². The summed E-state index contributed by atoms with van der Waals surface area (Å²) in [6.07, 6.45) is 7.05. The van der Waals surface area contributed by atoms with Crippen LogP contribution in [0.2, 0.25) is 0 Å². The lowest BCUT2D eigenvalue weighted by Gasteiger charge is -2.20. The summed E-state index contributed by atoms with van der Waals surface area (Å²) in [6, 6.07) is 7.30. The minimum atomic E-state index is -2.07. The zero-order valence-electron chi connectivity index (χ0n) is 14.2. The molecule has 2 heterocycles. The number of hydrogen-bond donors (Lipinski definition) is 0. The van der Waals surface area contributed by atoms with Crippen LogP contribution < -0.4 is 0 Å². The summed E-state index contributed by atoms with van der Waals surface area (Å²) in [5.41, 5.74) is 0.300. The van der Waals surface area contributed by atoms with Crippen LogP contribution in [0.3, 0.4) is 0 Å². The Morgan fingerprint density at radius 2 is 1.82 bits per heavy atom. The van der Waals surface area contributed by atoms with Crippen molar-refractivity contribution in [2.24, 2.45) is 9.98 Å². The number of nitrogens with zero attached hydrogens (tertiary/aromatic N) is 3. The molecule has 2 aromatic carbocycles. The van der Waals surface area contributed by atoms with Crippen LogP contribution in [0.25, 0.3) is 0 Å². The molecule has 0 N–H and O–H groups in total. The largest absolute Gasteiger partial charge is 0.329 e. The van der Waals surface area contributed by atoms with Gasteiger partial charge in [-0.3, -0.25) is 4.79 Å². The molecule has 0 fully saturated rings. The number of allylic oxidation sites excluding steroid dienone is 2. The van der Waals surface area contributed by atoms with Crippen molar-refractivity contribution in [1.29, 1.82) is 0 Å². The molecule has 0 bridgehead atoms. The van der Waals surface area contributed by atoms with Gasteiger partial charge >= 0.3 is 0 Å². The maximum atomic E-state index is 14.0. The van der Waals surface area contributed by atoms with Crippen LogP contribution in [-0.4, -0.2) is 22.5 Å². The van der Waals surface area contributed by atoms with Gasteiger partial charge in [-0.05, 0) is 23.8 Å². The smallest absolute Gasteiger partial charge is 0.282 e. The van der Waals surface area contributed by atoms with Crippen LogP contribution in [-0.2, 0) is 6.54 Å². The maximum absolute atomic E-state index is 14.0. The van der Waals surface area contributed by atoms with Gasteiger partial charge in [0.2, 0.25) is 0 Å². The predicted octanol–water partition coefficient (Wildman–Crippen LogP) is 4.13. The molecule has 0 atom stereocenters. The van der Waals surface area contributed by atoms with E-state index in [1.807, 2.05) is 17.0 Å². The Kier molecular flexibility index (Phi) is 4.38. The van der Waals surface area contributed by atoms with E-state index < -0.39 is 34.7 Å². The summed E-state index contributed by atoms with van der Waals surface area (Å²) in [5, 5.41) is 0. The van der Waals surface area contributed by atoms with Gasteiger partial charge in [0.05, 0.1) is 5.56 Å². The molecular weight excluding hydrogens is 374 g/mol. The lowest BCUT2D eigenvalue weighted by molar-refractivity contribution is 0.0997. The average Bonchev–Trinajstić information content (AvgIpc) is 2.85. The number of rotatable bonds is 1. The molecule has 0 unspecified atom stereocenters. The van der Waals surface area contributed by atoms with Gasteiger partial charge in [-0.2, -0.15) is 4.99 Å². The van der Waals surface area contributed by atoms with E-state index in [0.717, 1.165) is 5.56 Å². The van der Waals surface area contributed by atoms with Crippen LogP contribution in [0.1, 0.15) is 21.5 Å². The second kappa shape index (κ2) is 6.88. The fourth-order valence-corrected chi connectivity index (χ4v) is 2.90. The van der Waals surface area contributed by atoms with E-state index in [9.17, 15) is 22.4 Å². The Morgan fingerprint density at radius 3 is 2.64 bits per heavy atom. The van der Waals surface area contributed by atoms with E-state index in [0.29, 0.717) is 17.9 Å². The third kappa shape index (κ3) is 3.02. The number of benzene rings is 2. The first kappa shape index (κ1) is 17.8. The Balaban J connectivity index is 1.85. The molecule has 0 saturated heterocycles. The lowest BCUT2D eigenvalue weighted by atomic mass is 10.1. The first-order valence-corrected chi connectivity index (χ1v) is 8.20. The summed E-state index contributed by atoms with van der Waals surface area (Å²) >= 11 is 0. The van der Waals surface area contributed by atoms with Crippen molar-refractivity contribution in [3.8, 4) is 0 Å². The molecule has 0 saturated carbocycles. The van der Waals surface area contributed by atoms with Crippen LogP contribution in [0.4, 0.5) is 17.6 Å². The predicted molar refractivity (Wildman–Crippen MR) is 94.8 cm³/mol. The third-order valence-electron chi connectivity index (χ3n) is 4.28. The molecule has 1 amide bonds. The maximum Gasteiger partial charge on any atom is 0.282 e. The molecule has 2 aliphatic rings. The van der Waals surface area contributed by atoms with Gasteiger partial charge < -0.3 is 4.90 Å². The van der Waals surface area contributed by atoms with Crippen LogP contribution in [0.15, 0.2) is 64.7 Å². The number of amidine groups is 2. The number of aliphatic imine (C=N–C) groups is 2. The van der Waals surface area contributed by atoms with E-state index in [-0.39, 0.29) is 11.9 Å². The molecule has 28 heavy (non-hydrogen) atoms. The second-order valence-electron chi connectivity index (χ2n) is 6.04. The summed E-state index contributed by atoms with van der Waals surface area (Å²) in [6.45, 7) is 0.456. The number of amides is 1. The van der Waals surface area contributed by atoms with Crippen molar-refractivity contribution in [1.82, 2.24) is 4.90 Å². The minimum absolute atomic E-state index is 0.0393. The Bertz CT molecular complexity index is 1120. The van der Waals surface area contributed by atoms with Crippen LogP contribution in [0.5, 0.6) is 0 Å². The number of carbonyl (C=O) groups excluding carboxylic acids is 1. The monoisotopic (exact) mass is 385 g/mol. The standard InChI is InChI=1S/C20H11F4N3O/c21-14-9-13(16(22)18(24)17(14)23)20(28)26-19-12-6-2-1-5-11(12)10-27-8-4-3-7-15(27)25-19/h1-9H,10H2. The second-order valence-corrected chi connectivity index (χ2v) is 6.04. The van der Waals surface area contributed by atoms with Gasteiger partial charge in [-0.1, -0.05) is 30.3 Å². The normalized spacial score (nSPS) is 16.5. The van der Waals surface area contributed by atoms with E-state index in [2.05, 4.69) is 9.98 Å². The molecule has 0 radical (unpaired) electrons. The summed E-state index contributed by atoms with van der Waals surface area (Å²) in [7, 11) is 0. The Hall–Kier alpha value is -3.55. The molecule has 0 spiro atoms. The number of hydrogen-bond acceptors (Lipinski definition) is 2. The van der Waals surface area contributed by atoms with Crippen molar-refractivity contribution in [2.75, 3.05) is 0 Å². The van der Waals surface area contributed by atoms with E-state index >= 15 is 0 Å². The van der Waals surface area contributed by atoms with Crippen molar-refractivity contribution in [2.45, 2.75) is 6.54 Å². The number of fused-ring (bicyclic) bond motifs is 2. The van der Waals surface area contributed by atoms with Gasteiger partial charge in [0.1, 0.15) is 5.84 Å². The highest BCUT2D eigenvalue weighted by molar-refractivity contribution is 6.16. The van der Waals surface area contributed by atoms with Crippen molar-refractivity contribution in [3.63, 3.8) is 0 Å². The van der Waals surface area contributed by atoms with Crippen LogP contribution >= 0.6 is 0 Å². The SMILES string of the molecule is O=C(N=C1N=C2C=CC=CN2Cc2ccccc21)c1cc(F)c(F)c(F)c1F. The Labute approximate surface area is 156 Å². The molecule has 140 valence electrons. The Morgan fingerprint density at radius 1 is 1.04 bits per heavy atom. The van der Waals surface area contributed by atoms with Gasteiger partial charge in [-0.15, -0.1) is 0 Å². The van der Waals surface area contributed by atoms with Crippen LogP contribution in [0, 0.1) is 23.3 Å². The lowest BCUT2D eigenvalue weighted by Crippen LogP contribution is -2.24. The van der Waals surface area contributed by atoms with E-state index in [1.54, 1.807) is 36.6 Å². The summed E-state index contributed by atoms with van der Waals surface area (Å²) in [5.74, 6) is -8.36. The van der Waals surface area contributed by atoms with E-state index in [4.69, 9.17) is 0 Å². The van der Waals surface area contributed by atoms with Crippen molar-refractivity contribution >= 4 is 17.6 Å². The highest BCUT2D eigenvalue weighted by atomic mass is 19.2. The molecular formula is C20H11F4N3O. The average molecular weight is 385 g/mol. The number of halogens is 4. The first-order valence-electron chi connectivity index (χ1n) is 8.20. The van der Waals surface area contributed by atoms with Gasteiger partial charge in [-0.25, -0.2) is 22.6 Å². The van der Waals surface area contributed by atoms with Gasteiger partial charge in [0, 0.05) is 18.3 Å². The molecule has 2 aromatic rings. The molecule has 8 heteroatoms. The summed E-state index contributed by atoms with van der Waals surface area (Å²) < 4.78 is 54.0. The molecule has 4 rings (SSSR count). The van der Waals surface area contributed by atoms with Gasteiger partial charge in [0.25, 0.3) is 5.91 Å². The summed E-state index contributed by atoms with van der Waals surface area (Å²) in [4.78, 5) is 22.4. The van der Waals surface area contributed by atoms with Gasteiger partial charge in [0.15, 0.2) is 29.1 Å². The third-order valence-corrected chi connectivity index (χ3v) is 4.28. The fourth-order valence-electron chi connectivity index (χ4n) is 2.90. The zero-order valence-corrected chi connectivity index (χ0v) is 14.2. The zero-order chi connectivity index (χ0) is 19.8. The first-order chi connectivity index (χ1) is 13.5. The molecule has 0 aliphatic carbocycles. The van der Waals surface area contributed by atoms with Crippen molar-refractivity contribution < 1.29 is 22.4 Å². The van der Waals surface area contributed by atoms with Crippen molar-refractivity contribution in [3.05, 3.63) is 94.7 Å². The quantitative estimate of drug-likeness (QED) is 0.421. The highest BCUT2D eigenvalue weighted by Gasteiger charge is 2.25. The molecule has 4 nitrogen and oxygen atoms in total. The highest BCUT2D eigenvalue weighted by Crippen LogP contribution is 2.23. The minimum Gasteiger partial charge on any atom is -0.329 e.